The molecule has 4 atom stereocenters. The minimum Gasteiger partial charge on any atom is -0.143 e. The van der Waals surface area contributed by atoms with Crippen LogP contribution in [-0.4, -0.2) is 0 Å². The van der Waals surface area contributed by atoms with Gasteiger partial charge in [0, 0.05) is 4.90 Å². The monoisotopic (exact) mass is 490 g/mol. The summed E-state index contributed by atoms with van der Waals surface area (Å²) in [7, 11) is 0. The number of thiol groups is 1. The average molecular weight is 491 g/mol. The van der Waals surface area contributed by atoms with Crippen LogP contribution >= 0.6 is 12.6 Å². The highest BCUT2D eigenvalue weighted by molar-refractivity contribution is 7.80. The topological polar surface area (TPSA) is 0 Å². The highest BCUT2D eigenvalue weighted by Crippen LogP contribution is 2.42. The largest absolute Gasteiger partial charge is 0.143 e. The van der Waals surface area contributed by atoms with Crippen LogP contribution in [0.2, 0.25) is 0 Å². The van der Waals surface area contributed by atoms with E-state index in [0.717, 1.165) is 47.0 Å². The Hall–Kier alpha value is -1.99. The maximum absolute atomic E-state index is 4.62. The average Bonchev–Trinajstić information content (AvgIpc) is 2.88. The van der Waals surface area contributed by atoms with Crippen molar-refractivity contribution in [1.82, 2.24) is 0 Å². The van der Waals surface area contributed by atoms with Gasteiger partial charge in [-0.25, -0.2) is 0 Å². The quantitative estimate of drug-likeness (QED) is 0.314. The number of fused-ring (bicyclic) bond motifs is 1. The summed E-state index contributed by atoms with van der Waals surface area (Å²) in [5, 5.41) is 0. The second-order valence-electron chi connectivity index (χ2n) is 9.89. The first-order valence-electron chi connectivity index (χ1n) is 13.5. The van der Waals surface area contributed by atoms with Crippen molar-refractivity contribution in [3.05, 3.63) is 90.0 Å². The number of rotatable bonds is 2. The molecule has 1 heteroatoms. The molecule has 0 bridgehead atoms. The molecule has 0 aromatic heterocycles. The van der Waals surface area contributed by atoms with Crippen molar-refractivity contribution in [2.45, 2.75) is 86.0 Å². The number of allylic oxidation sites excluding steroid dienone is 3. The third-order valence-corrected chi connectivity index (χ3v) is 8.35. The molecule has 2 aromatic rings. The van der Waals surface area contributed by atoms with E-state index in [1.165, 1.54) is 46.2 Å². The first kappa shape index (κ1) is 31.0. The minimum absolute atomic E-state index is 0.948. The fourth-order valence-corrected chi connectivity index (χ4v) is 5.62. The van der Waals surface area contributed by atoms with Crippen molar-refractivity contribution >= 4 is 23.8 Å². The normalized spacial score (nSPS) is 22.9. The Morgan fingerprint density at radius 3 is 1.86 bits per heavy atom. The maximum atomic E-state index is 4.62. The summed E-state index contributed by atoms with van der Waals surface area (Å²) in [6.45, 7) is 28.3. The van der Waals surface area contributed by atoms with E-state index >= 15 is 0 Å². The van der Waals surface area contributed by atoms with Crippen molar-refractivity contribution in [2.24, 2.45) is 23.7 Å². The van der Waals surface area contributed by atoms with Crippen LogP contribution in [0.4, 0.5) is 0 Å². The fraction of sp³-hybridized carbons (Fsp3) is 0.471. The Labute approximate surface area is 223 Å². The van der Waals surface area contributed by atoms with Crippen LogP contribution in [0.5, 0.6) is 0 Å². The van der Waals surface area contributed by atoms with Gasteiger partial charge in [0.25, 0.3) is 0 Å². The molecule has 35 heavy (non-hydrogen) atoms. The van der Waals surface area contributed by atoms with Crippen molar-refractivity contribution in [1.29, 1.82) is 0 Å². The van der Waals surface area contributed by atoms with Gasteiger partial charge in [0.2, 0.25) is 0 Å². The standard InChI is InChI=1S/C20H20S.C10H20.C2H6.C2H4/c1-4-17-14(3)20-16(6-5-7-19(20)21)12-18(17)15-10-8-13(2)9-11-15;1-7-5-6-8(2)10(4)9(7)3;2*1-2/h5-11,21H,3-4,12H2,1-2H3;7-10H,5-6H2,1-4H3;1-2H3;1-2H2. The lowest BCUT2D eigenvalue weighted by Crippen LogP contribution is -2.27. The number of hydrogen-bond acceptors (Lipinski definition) is 1. The van der Waals surface area contributed by atoms with E-state index in [0.29, 0.717) is 0 Å². The molecular formula is C34H50S. The van der Waals surface area contributed by atoms with E-state index in [1.54, 1.807) is 0 Å². The minimum atomic E-state index is 0.948. The second kappa shape index (κ2) is 15.2. The maximum Gasteiger partial charge on any atom is 0.0121 e. The molecule has 0 spiro atoms. The van der Waals surface area contributed by atoms with Crippen LogP contribution in [0.25, 0.3) is 11.1 Å². The van der Waals surface area contributed by atoms with Gasteiger partial charge in [0.05, 0.1) is 0 Å². The van der Waals surface area contributed by atoms with Crippen LogP contribution < -0.4 is 0 Å². The molecule has 0 nitrogen and oxygen atoms in total. The SMILES string of the molecule is C=C.C=C1C(CC)=C(c2ccc(C)cc2)Cc2cccc(S)c21.CC.CC1CCC(C)C(C)C1C. The Bertz CT molecular complexity index is 949. The number of hydrogen-bond donors (Lipinski definition) is 1. The summed E-state index contributed by atoms with van der Waals surface area (Å²) >= 11 is 4.62. The van der Waals surface area contributed by atoms with Crippen LogP contribution in [0.3, 0.4) is 0 Å². The highest BCUT2D eigenvalue weighted by atomic mass is 32.1. The van der Waals surface area contributed by atoms with E-state index in [2.05, 4.69) is 116 Å². The van der Waals surface area contributed by atoms with Crippen LogP contribution in [-0.2, 0) is 6.42 Å². The molecule has 0 aliphatic heterocycles. The molecular weight excluding hydrogens is 440 g/mol. The van der Waals surface area contributed by atoms with Crippen molar-refractivity contribution in [3.8, 4) is 0 Å². The first-order valence-corrected chi connectivity index (χ1v) is 14.0. The number of benzene rings is 2. The Morgan fingerprint density at radius 1 is 0.857 bits per heavy atom. The lowest BCUT2D eigenvalue weighted by Gasteiger charge is -2.36. The molecule has 1 saturated carbocycles. The van der Waals surface area contributed by atoms with Crippen LogP contribution in [0, 0.1) is 30.6 Å². The third kappa shape index (κ3) is 7.74. The van der Waals surface area contributed by atoms with E-state index < -0.39 is 0 Å². The van der Waals surface area contributed by atoms with E-state index in [4.69, 9.17) is 0 Å². The van der Waals surface area contributed by atoms with E-state index in [1.807, 2.05) is 13.8 Å². The van der Waals surface area contributed by atoms with Gasteiger partial charge in [-0.05, 0) is 82.9 Å². The summed E-state index contributed by atoms with van der Waals surface area (Å²) in [6.07, 6.45) is 4.87. The molecule has 0 N–H and O–H groups in total. The molecule has 192 valence electrons. The van der Waals surface area contributed by atoms with Crippen molar-refractivity contribution in [2.75, 3.05) is 0 Å². The Morgan fingerprint density at radius 2 is 1.37 bits per heavy atom. The molecule has 2 aromatic carbocycles. The molecule has 0 saturated heterocycles. The van der Waals surface area contributed by atoms with E-state index in [9.17, 15) is 0 Å². The predicted molar refractivity (Wildman–Crippen MR) is 163 cm³/mol. The molecule has 0 amide bonds. The van der Waals surface area contributed by atoms with Gasteiger partial charge in [-0.15, -0.1) is 25.8 Å². The van der Waals surface area contributed by atoms with Crippen molar-refractivity contribution in [3.63, 3.8) is 0 Å². The van der Waals surface area contributed by atoms with Gasteiger partial charge in [-0.1, -0.05) is 110 Å². The van der Waals surface area contributed by atoms with Crippen LogP contribution in [0.1, 0.15) is 90.0 Å². The summed E-state index contributed by atoms with van der Waals surface area (Å²) in [6, 6.07) is 15.1. The molecule has 4 unspecified atom stereocenters. The lowest BCUT2D eigenvalue weighted by atomic mass is 9.69. The molecule has 4 rings (SSSR count). The summed E-state index contributed by atoms with van der Waals surface area (Å²) in [5.74, 6) is 3.82. The molecule has 0 heterocycles. The van der Waals surface area contributed by atoms with Gasteiger partial charge in [0.15, 0.2) is 0 Å². The summed E-state index contributed by atoms with van der Waals surface area (Å²) in [4.78, 5) is 1.03. The Balaban J connectivity index is 0.000000368. The van der Waals surface area contributed by atoms with Gasteiger partial charge in [0.1, 0.15) is 0 Å². The lowest BCUT2D eigenvalue weighted by molar-refractivity contribution is 0.137. The predicted octanol–water partition coefficient (Wildman–Crippen LogP) is 10.9. The zero-order valence-corrected chi connectivity index (χ0v) is 24.6. The van der Waals surface area contributed by atoms with Gasteiger partial charge >= 0.3 is 0 Å². The number of aryl methyl sites for hydroxylation is 1. The van der Waals surface area contributed by atoms with Gasteiger partial charge < -0.3 is 0 Å². The van der Waals surface area contributed by atoms with Gasteiger partial charge in [-0.2, -0.15) is 0 Å². The fourth-order valence-electron chi connectivity index (χ4n) is 5.26. The molecule has 1 fully saturated rings. The zero-order valence-electron chi connectivity index (χ0n) is 23.7. The van der Waals surface area contributed by atoms with Crippen LogP contribution in [0.15, 0.2) is 72.7 Å². The van der Waals surface area contributed by atoms with Crippen molar-refractivity contribution < 1.29 is 0 Å². The third-order valence-electron chi connectivity index (χ3n) is 7.98. The smallest absolute Gasteiger partial charge is 0.0121 e. The van der Waals surface area contributed by atoms with E-state index in [-0.39, 0.29) is 0 Å². The zero-order chi connectivity index (χ0) is 26.7. The van der Waals surface area contributed by atoms with Gasteiger partial charge in [-0.3, -0.25) is 0 Å². The first-order chi connectivity index (χ1) is 16.7. The molecule has 0 radical (unpaired) electrons. The molecule has 2 aliphatic carbocycles. The highest BCUT2D eigenvalue weighted by Gasteiger charge is 2.28. The summed E-state index contributed by atoms with van der Waals surface area (Å²) in [5.41, 5.74) is 9.09. The summed E-state index contributed by atoms with van der Waals surface area (Å²) < 4.78 is 0. The Kier molecular flexibility index (Phi) is 13.5. The second-order valence-corrected chi connectivity index (χ2v) is 10.4. The molecule has 2 aliphatic rings.